The number of carbonyl (C=O) groups excluding carboxylic acids is 2. The van der Waals surface area contributed by atoms with Crippen LogP contribution in [0.3, 0.4) is 0 Å². The molecule has 2 atom stereocenters. The Morgan fingerprint density at radius 2 is 1.83 bits per heavy atom. The summed E-state index contributed by atoms with van der Waals surface area (Å²) in [6.45, 7) is 2.39. The van der Waals surface area contributed by atoms with Gasteiger partial charge in [-0.15, -0.1) is 0 Å². The van der Waals surface area contributed by atoms with Gasteiger partial charge in [0.15, 0.2) is 0 Å². The number of nitrogens with one attached hydrogen (secondary N) is 1. The molecule has 1 saturated carbocycles. The Morgan fingerprint density at radius 3 is 2.64 bits per heavy atom. The average Bonchev–Trinajstić information content (AvgIpc) is 3.27. The summed E-state index contributed by atoms with van der Waals surface area (Å²) in [5.41, 5.74) is 3.03. The third-order valence-electron chi connectivity index (χ3n) is 8.63. The van der Waals surface area contributed by atoms with Gasteiger partial charge >= 0.3 is 0 Å². The smallest absolute Gasteiger partial charge is 0.271 e. The summed E-state index contributed by atoms with van der Waals surface area (Å²) < 4.78 is 7.51. The first-order valence-electron chi connectivity index (χ1n) is 13.4. The Bertz CT molecular complexity index is 1320. The van der Waals surface area contributed by atoms with Crippen molar-refractivity contribution in [1.29, 1.82) is 0 Å². The van der Waals surface area contributed by atoms with Crippen molar-refractivity contribution in [2.24, 2.45) is 0 Å². The first-order chi connectivity index (χ1) is 17.5. The van der Waals surface area contributed by atoms with Crippen molar-refractivity contribution < 1.29 is 14.3 Å². The molecule has 2 aliphatic carbocycles. The summed E-state index contributed by atoms with van der Waals surface area (Å²) in [6, 6.07) is 16.3. The lowest BCUT2D eigenvalue weighted by Gasteiger charge is -2.49. The van der Waals surface area contributed by atoms with Crippen molar-refractivity contribution in [3.63, 3.8) is 0 Å². The molecular weight excluding hydrogens is 450 g/mol. The molecule has 3 aliphatic rings. The molecule has 2 heterocycles. The molecule has 0 spiro atoms. The van der Waals surface area contributed by atoms with E-state index in [2.05, 4.69) is 23.5 Å². The number of aryl methyl sites for hydroxylation is 1. The fourth-order valence-electron chi connectivity index (χ4n) is 6.69. The van der Waals surface area contributed by atoms with Gasteiger partial charge < -0.3 is 19.5 Å². The largest absolute Gasteiger partial charge is 0.497 e. The summed E-state index contributed by atoms with van der Waals surface area (Å²) in [5, 5.41) is 4.35. The zero-order valence-electron chi connectivity index (χ0n) is 21.3. The van der Waals surface area contributed by atoms with Crippen LogP contribution in [0, 0.1) is 0 Å². The van der Waals surface area contributed by atoms with E-state index in [1.54, 1.807) is 7.11 Å². The van der Waals surface area contributed by atoms with E-state index in [0.717, 1.165) is 61.6 Å². The van der Waals surface area contributed by atoms with Crippen molar-refractivity contribution >= 4 is 22.7 Å². The van der Waals surface area contributed by atoms with E-state index in [0.29, 0.717) is 12.2 Å². The van der Waals surface area contributed by atoms with Gasteiger partial charge in [-0.2, -0.15) is 0 Å². The number of methoxy groups -OCH3 is 1. The van der Waals surface area contributed by atoms with Crippen LogP contribution < -0.4 is 10.1 Å². The van der Waals surface area contributed by atoms with Crippen molar-refractivity contribution in [3.05, 3.63) is 65.4 Å². The first-order valence-corrected chi connectivity index (χ1v) is 13.4. The molecular formula is C30H35N3O3. The second-order valence-electron chi connectivity index (χ2n) is 10.9. The number of hydrogen-bond donors (Lipinski definition) is 1. The Kier molecular flexibility index (Phi) is 5.78. The van der Waals surface area contributed by atoms with E-state index >= 15 is 0 Å². The first kappa shape index (κ1) is 23.1. The van der Waals surface area contributed by atoms with Gasteiger partial charge in [0.1, 0.15) is 17.0 Å². The molecule has 0 saturated heterocycles. The topological polar surface area (TPSA) is 63.6 Å². The van der Waals surface area contributed by atoms with Crippen molar-refractivity contribution in [2.45, 2.75) is 82.5 Å². The standard InChI is InChI=1S/C30H35N3O3/c1-30(29(35)31-22-11-4-3-5-12-22)19-32-26-18-23(36-2)16-15-21(26)17-27(32)28(34)33(30)25-14-8-10-20-9-6-7-13-24(20)25/h6-7,9,13,15-18,22,25H,3-5,8,10-12,14,19H2,1-2H3,(H,31,35)/t25-,30-/m0/s1. The molecule has 3 aromatic rings. The minimum absolute atomic E-state index is 0.0406. The zero-order valence-corrected chi connectivity index (χ0v) is 21.3. The van der Waals surface area contributed by atoms with Crippen LogP contribution in [-0.4, -0.2) is 40.0 Å². The fraction of sp³-hybridized carbons (Fsp3) is 0.467. The minimum atomic E-state index is -1.01. The number of nitrogens with zero attached hydrogens (tertiary/aromatic N) is 2. The van der Waals surface area contributed by atoms with Gasteiger partial charge in [0.05, 0.1) is 25.2 Å². The molecule has 0 radical (unpaired) electrons. The lowest BCUT2D eigenvalue weighted by molar-refractivity contribution is -0.135. The van der Waals surface area contributed by atoms with Crippen molar-refractivity contribution in [3.8, 4) is 5.75 Å². The summed E-state index contributed by atoms with van der Waals surface area (Å²) in [4.78, 5) is 30.4. The summed E-state index contributed by atoms with van der Waals surface area (Å²) >= 11 is 0. The molecule has 188 valence electrons. The van der Waals surface area contributed by atoms with Crippen LogP contribution in [0.25, 0.3) is 10.9 Å². The molecule has 2 amide bonds. The quantitative estimate of drug-likeness (QED) is 0.539. The molecule has 6 heteroatoms. The normalized spacial score (nSPS) is 24.3. The maximum Gasteiger partial charge on any atom is 0.271 e. The predicted octanol–water partition coefficient (Wildman–Crippen LogP) is 5.39. The van der Waals surface area contributed by atoms with Crippen LogP contribution >= 0.6 is 0 Å². The Morgan fingerprint density at radius 1 is 1.03 bits per heavy atom. The number of benzene rings is 2. The SMILES string of the molecule is COc1ccc2cc3n(c2c1)C[C@@](C)(C(=O)NC1CCCCC1)N([C@H]1CCCc2ccccc21)C3=O. The van der Waals surface area contributed by atoms with E-state index in [1.165, 1.54) is 17.5 Å². The van der Waals surface area contributed by atoms with Gasteiger partial charge in [0.2, 0.25) is 5.91 Å². The fourth-order valence-corrected chi connectivity index (χ4v) is 6.69. The highest BCUT2D eigenvalue weighted by molar-refractivity contribution is 6.04. The van der Waals surface area contributed by atoms with E-state index < -0.39 is 5.54 Å². The summed E-state index contributed by atoms with van der Waals surface area (Å²) in [5.74, 6) is 0.633. The van der Waals surface area contributed by atoms with Crippen LogP contribution in [0.4, 0.5) is 0 Å². The number of amides is 2. The van der Waals surface area contributed by atoms with Crippen LogP contribution in [0.15, 0.2) is 48.5 Å². The van der Waals surface area contributed by atoms with Gasteiger partial charge in [0.25, 0.3) is 5.91 Å². The number of aromatic nitrogens is 1. The molecule has 0 bridgehead atoms. The molecule has 6 rings (SSSR count). The van der Waals surface area contributed by atoms with Gasteiger partial charge in [-0.1, -0.05) is 43.5 Å². The lowest BCUT2D eigenvalue weighted by atomic mass is 9.82. The molecule has 36 heavy (non-hydrogen) atoms. The van der Waals surface area contributed by atoms with Crippen LogP contribution in [0.1, 0.15) is 79.5 Å². The second kappa shape index (κ2) is 8.99. The van der Waals surface area contributed by atoms with Crippen LogP contribution in [-0.2, 0) is 17.8 Å². The molecule has 1 N–H and O–H groups in total. The highest BCUT2D eigenvalue weighted by atomic mass is 16.5. The van der Waals surface area contributed by atoms with E-state index in [9.17, 15) is 9.59 Å². The van der Waals surface area contributed by atoms with Crippen LogP contribution in [0.2, 0.25) is 0 Å². The number of ether oxygens (including phenoxy) is 1. The van der Waals surface area contributed by atoms with Gasteiger partial charge in [-0.3, -0.25) is 9.59 Å². The third-order valence-corrected chi connectivity index (χ3v) is 8.63. The van der Waals surface area contributed by atoms with Crippen molar-refractivity contribution in [1.82, 2.24) is 14.8 Å². The Labute approximate surface area is 212 Å². The van der Waals surface area contributed by atoms with E-state index in [-0.39, 0.29) is 23.9 Å². The highest BCUT2D eigenvalue weighted by Gasteiger charge is 2.51. The number of hydrogen-bond acceptors (Lipinski definition) is 3. The van der Waals surface area contributed by atoms with E-state index in [1.807, 2.05) is 46.7 Å². The maximum atomic E-state index is 14.4. The zero-order chi connectivity index (χ0) is 24.9. The Balaban J connectivity index is 1.47. The monoisotopic (exact) mass is 485 g/mol. The highest BCUT2D eigenvalue weighted by Crippen LogP contribution is 2.43. The van der Waals surface area contributed by atoms with Gasteiger partial charge in [-0.05, 0) is 68.4 Å². The second-order valence-corrected chi connectivity index (χ2v) is 10.9. The molecule has 1 aliphatic heterocycles. The molecule has 0 unspecified atom stereocenters. The number of rotatable bonds is 4. The average molecular weight is 486 g/mol. The molecule has 6 nitrogen and oxygen atoms in total. The number of carbonyl (C=O) groups is 2. The third kappa shape index (κ3) is 3.69. The van der Waals surface area contributed by atoms with Crippen LogP contribution in [0.5, 0.6) is 5.75 Å². The summed E-state index contributed by atoms with van der Waals surface area (Å²) in [7, 11) is 1.65. The Hall–Kier alpha value is -3.28. The molecule has 2 aromatic carbocycles. The lowest BCUT2D eigenvalue weighted by Crippen LogP contribution is -2.65. The molecule has 1 fully saturated rings. The summed E-state index contributed by atoms with van der Waals surface area (Å²) in [6.07, 6.45) is 8.43. The van der Waals surface area contributed by atoms with Gasteiger partial charge in [-0.25, -0.2) is 0 Å². The van der Waals surface area contributed by atoms with Gasteiger partial charge in [0, 0.05) is 17.5 Å². The minimum Gasteiger partial charge on any atom is -0.497 e. The van der Waals surface area contributed by atoms with Crippen molar-refractivity contribution in [2.75, 3.05) is 7.11 Å². The predicted molar refractivity (Wildman–Crippen MR) is 140 cm³/mol. The van der Waals surface area contributed by atoms with E-state index in [4.69, 9.17) is 4.74 Å². The number of fused-ring (bicyclic) bond motifs is 4. The maximum absolute atomic E-state index is 14.4. The molecule has 1 aromatic heterocycles.